The van der Waals surface area contributed by atoms with Gasteiger partial charge in [0, 0.05) is 4.47 Å². The van der Waals surface area contributed by atoms with Crippen molar-refractivity contribution < 1.29 is 0 Å². The van der Waals surface area contributed by atoms with Crippen LogP contribution in [0.25, 0.3) is 11.1 Å². The van der Waals surface area contributed by atoms with E-state index < -0.39 is 0 Å². The van der Waals surface area contributed by atoms with Crippen LogP contribution >= 0.6 is 63.7 Å². The molecular formula is C13H8Br4. The van der Waals surface area contributed by atoms with Crippen molar-refractivity contribution in [1.82, 2.24) is 0 Å². The standard InChI is InChI=1S/C13H8Br4/c14-12-4-2-1-3-11(12)9-5-7-10(8-6-9)13(15,16)17/h1-8H. The van der Waals surface area contributed by atoms with Crippen molar-refractivity contribution in [1.29, 1.82) is 0 Å². The summed E-state index contributed by atoms with van der Waals surface area (Å²) in [7, 11) is 0. The third-order valence-corrected chi connectivity index (χ3v) is 4.46. The Labute approximate surface area is 134 Å². The summed E-state index contributed by atoms with van der Waals surface area (Å²) in [5, 5.41) is 0. The van der Waals surface area contributed by atoms with E-state index in [9.17, 15) is 0 Å². The maximum absolute atomic E-state index is 3.56. The molecule has 0 saturated carbocycles. The molecule has 0 bridgehead atoms. The Balaban J connectivity index is 2.40. The second kappa shape index (κ2) is 5.55. The van der Waals surface area contributed by atoms with Crippen LogP contribution < -0.4 is 0 Å². The minimum Gasteiger partial charge on any atom is -0.0616 e. The molecule has 0 heterocycles. The molecule has 4 heteroatoms. The third kappa shape index (κ3) is 3.43. The molecule has 2 aromatic carbocycles. The fraction of sp³-hybridized carbons (Fsp3) is 0.0769. The maximum atomic E-state index is 3.56. The van der Waals surface area contributed by atoms with Crippen molar-refractivity contribution in [3.8, 4) is 11.1 Å². The van der Waals surface area contributed by atoms with E-state index in [1.54, 1.807) is 0 Å². The zero-order chi connectivity index (χ0) is 12.5. The first-order valence-corrected chi connectivity index (χ1v) is 8.08. The minimum absolute atomic E-state index is 0.348. The first-order valence-electron chi connectivity index (χ1n) is 4.90. The molecule has 0 unspecified atom stereocenters. The van der Waals surface area contributed by atoms with Gasteiger partial charge in [0.05, 0.1) is 0 Å². The topological polar surface area (TPSA) is 0 Å². The summed E-state index contributed by atoms with van der Waals surface area (Å²) in [6, 6.07) is 16.6. The molecule has 0 aliphatic rings. The number of rotatable bonds is 1. The van der Waals surface area contributed by atoms with Gasteiger partial charge in [-0.3, -0.25) is 0 Å². The van der Waals surface area contributed by atoms with Gasteiger partial charge >= 0.3 is 0 Å². The molecule has 88 valence electrons. The minimum atomic E-state index is -0.348. The summed E-state index contributed by atoms with van der Waals surface area (Å²) in [5.74, 6) is 0. The normalized spacial score (nSPS) is 11.5. The van der Waals surface area contributed by atoms with Crippen molar-refractivity contribution >= 4 is 63.7 Å². The lowest BCUT2D eigenvalue weighted by Gasteiger charge is -2.13. The second-order valence-electron chi connectivity index (χ2n) is 3.55. The lowest BCUT2D eigenvalue weighted by molar-refractivity contribution is 1.37. The van der Waals surface area contributed by atoms with Crippen molar-refractivity contribution in [2.75, 3.05) is 0 Å². The van der Waals surface area contributed by atoms with Gasteiger partial charge in [0.25, 0.3) is 0 Å². The van der Waals surface area contributed by atoms with Crippen molar-refractivity contribution in [3.63, 3.8) is 0 Å². The molecule has 17 heavy (non-hydrogen) atoms. The summed E-state index contributed by atoms with van der Waals surface area (Å²) in [5.41, 5.74) is 3.51. The zero-order valence-electron chi connectivity index (χ0n) is 8.63. The molecule has 0 radical (unpaired) electrons. The van der Waals surface area contributed by atoms with Gasteiger partial charge in [-0.2, -0.15) is 0 Å². The Bertz CT molecular complexity index is 512. The van der Waals surface area contributed by atoms with Gasteiger partial charge in [0.2, 0.25) is 0 Å². The predicted molar refractivity (Wildman–Crippen MR) is 88.0 cm³/mol. The fourth-order valence-corrected chi connectivity index (χ4v) is 2.84. The molecule has 2 rings (SSSR count). The van der Waals surface area contributed by atoms with Gasteiger partial charge < -0.3 is 0 Å². The zero-order valence-corrected chi connectivity index (χ0v) is 15.0. The molecule has 0 spiro atoms. The molecular weight excluding hydrogens is 476 g/mol. The molecule has 0 aromatic heterocycles. The Kier molecular flexibility index (Phi) is 4.50. The monoisotopic (exact) mass is 480 g/mol. The number of hydrogen-bond donors (Lipinski definition) is 0. The van der Waals surface area contributed by atoms with E-state index in [0.717, 1.165) is 10.0 Å². The van der Waals surface area contributed by atoms with Gasteiger partial charge in [0.15, 0.2) is 2.14 Å². The summed E-state index contributed by atoms with van der Waals surface area (Å²) in [4.78, 5) is 0. The molecule has 0 fully saturated rings. The Morgan fingerprint density at radius 3 is 1.88 bits per heavy atom. The maximum Gasteiger partial charge on any atom is 0.159 e. The summed E-state index contributed by atoms with van der Waals surface area (Å²) < 4.78 is 0.759. The van der Waals surface area contributed by atoms with E-state index in [2.05, 4.69) is 94.1 Å². The number of alkyl halides is 3. The molecule has 0 saturated heterocycles. The third-order valence-electron chi connectivity index (χ3n) is 2.40. The first kappa shape index (κ1) is 13.8. The smallest absolute Gasteiger partial charge is 0.0616 e. The highest BCUT2D eigenvalue weighted by Crippen LogP contribution is 2.44. The van der Waals surface area contributed by atoms with E-state index in [0.29, 0.717) is 0 Å². The highest BCUT2D eigenvalue weighted by Gasteiger charge is 2.20. The summed E-state index contributed by atoms with van der Waals surface area (Å²) in [6.07, 6.45) is 0. The molecule has 2 aromatic rings. The molecule has 0 aliphatic carbocycles. The van der Waals surface area contributed by atoms with E-state index in [1.807, 2.05) is 18.2 Å². The van der Waals surface area contributed by atoms with Crippen molar-refractivity contribution in [3.05, 3.63) is 58.6 Å². The quantitative estimate of drug-likeness (QED) is 0.411. The largest absolute Gasteiger partial charge is 0.159 e. The van der Waals surface area contributed by atoms with Gasteiger partial charge in [-0.05, 0) is 22.8 Å². The van der Waals surface area contributed by atoms with E-state index >= 15 is 0 Å². The summed E-state index contributed by atoms with van der Waals surface area (Å²) >= 11 is 14.1. The van der Waals surface area contributed by atoms with Gasteiger partial charge in [-0.15, -0.1) is 0 Å². The molecule has 0 amide bonds. The van der Waals surface area contributed by atoms with Gasteiger partial charge in [-0.25, -0.2) is 0 Å². The average molecular weight is 484 g/mol. The lowest BCUT2D eigenvalue weighted by Crippen LogP contribution is -1.96. The van der Waals surface area contributed by atoms with E-state index in [-0.39, 0.29) is 2.14 Å². The number of benzene rings is 2. The Morgan fingerprint density at radius 1 is 0.765 bits per heavy atom. The summed E-state index contributed by atoms with van der Waals surface area (Å²) in [6.45, 7) is 0. The van der Waals surface area contributed by atoms with E-state index in [1.165, 1.54) is 11.1 Å². The molecule has 0 atom stereocenters. The SMILES string of the molecule is Brc1ccccc1-c1ccc(C(Br)(Br)Br)cc1. The van der Waals surface area contributed by atoms with Crippen LogP contribution in [-0.4, -0.2) is 0 Å². The Hall–Kier alpha value is 0.360. The molecule has 0 N–H and O–H groups in total. The van der Waals surface area contributed by atoms with Crippen LogP contribution in [0.1, 0.15) is 5.56 Å². The molecule has 0 aliphatic heterocycles. The molecule has 0 nitrogen and oxygen atoms in total. The van der Waals surface area contributed by atoms with Crippen molar-refractivity contribution in [2.24, 2.45) is 0 Å². The highest BCUT2D eigenvalue weighted by atomic mass is 80.0. The van der Waals surface area contributed by atoms with Gasteiger partial charge in [0.1, 0.15) is 0 Å². The number of hydrogen-bond acceptors (Lipinski definition) is 0. The van der Waals surface area contributed by atoms with Crippen molar-refractivity contribution in [2.45, 2.75) is 2.14 Å². The number of halogens is 4. The van der Waals surface area contributed by atoms with Crippen LogP contribution in [-0.2, 0) is 2.14 Å². The van der Waals surface area contributed by atoms with Crippen LogP contribution in [0.2, 0.25) is 0 Å². The lowest BCUT2D eigenvalue weighted by atomic mass is 10.0. The van der Waals surface area contributed by atoms with E-state index in [4.69, 9.17) is 0 Å². The predicted octanol–water partition coefficient (Wildman–Crippen LogP) is 6.41. The second-order valence-corrected chi connectivity index (χ2v) is 11.2. The average Bonchev–Trinajstić information content (AvgIpc) is 2.29. The first-order chi connectivity index (χ1) is 7.98. The van der Waals surface area contributed by atoms with Crippen LogP contribution in [0.15, 0.2) is 53.0 Å². The van der Waals surface area contributed by atoms with Crippen LogP contribution in [0, 0.1) is 0 Å². The van der Waals surface area contributed by atoms with Crippen LogP contribution in [0.5, 0.6) is 0 Å². The van der Waals surface area contributed by atoms with Gasteiger partial charge in [-0.1, -0.05) is 106 Å². The van der Waals surface area contributed by atoms with Crippen LogP contribution in [0.4, 0.5) is 0 Å². The van der Waals surface area contributed by atoms with Crippen LogP contribution in [0.3, 0.4) is 0 Å². The highest BCUT2D eigenvalue weighted by molar-refractivity contribution is 9.38. The fourth-order valence-electron chi connectivity index (χ4n) is 1.53. The Morgan fingerprint density at radius 2 is 1.35 bits per heavy atom.